The van der Waals surface area contributed by atoms with Gasteiger partial charge in [-0.05, 0) is 49.9 Å². The molecule has 1 aromatic carbocycles. The Morgan fingerprint density at radius 1 is 1.30 bits per heavy atom. The highest BCUT2D eigenvalue weighted by molar-refractivity contribution is 5.93. The van der Waals surface area contributed by atoms with E-state index >= 15 is 0 Å². The number of carbonyl (C=O) groups is 1. The van der Waals surface area contributed by atoms with Crippen LogP contribution >= 0.6 is 0 Å². The van der Waals surface area contributed by atoms with Crippen molar-refractivity contribution in [1.29, 1.82) is 0 Å². The smallest absolute Gasteiger partial charge is 0.276 e. The van der Waals surface area contributed by atoms with Crippen LogP contribution in [0.3, 0.4) is 0 Å². The SMILES string of the molecule is COc1ccc(-n2nnc(C(=O)N3CCCC(C)C3)c2C)cc1. The maximum atomic E-state index is 12.7. The maximum absolute atomic E-state index is 12.7. The summed E-state index contributed by atoms with van der Waals surface area (Å²) in [6.07, 6.45) is 2.24. The van der Waals surface area contributed by atoms with Gasteiger partial charge in [-0.25, -0.2) is 4.68 Å². The molecule has 1 saturated heterocycles. The van der Waals surface area contributed by atoms with Gasteiger partial charge in [0, 0.05) is 13.1 Å². The summed E-state index contributed by atoms with van der Waals surface area (Å²) in [6, 6.07) is 7.53. The Hall–Kier alpha value is -2.37. The maximum Gasteiger partial charge on any atom is 0.276 e. The minimum absolute atomic E-state index is 0.0196. The molecular weight excluding hydrogens is 292 g/mol. The fraction of sp³-hybridized carbons (Fsp3) is 0.471. The lowest BCUT2D eigenvalue weighted by Gasteiger charge is -2.30. The molecule has 3 rings (SSSR count). The molecule has 2 aromatic rings. The van der Waals surface area contributed by atoms with Gasteiger partial charge >= 0.3 is 0 Å². The van der Waals surface area contributed by atoms with Gasteiger partial charge in [0.2, 0.25) is 0 Å². The van der Waals surface area contributed by atoms with Crippen molar-refractivity contribution in [3.05, 3.63) is 35.7 Å². The van der Waals surface area contributed by atoms with E-state index in [1.807, 2.05) is 36.1 Å². The van der Waals surface area contributed by atoms with Crippen LogP contribution in [0.2, 0.25) is 0 Å². The molecule has 0 radical (unpaired) electrons. The number of piperidine rings is 1. The molecule has 0 spiro atoms. The van der Waals surface area contributed by atoms with Crippen molar-refractivity contribution in [2.75, 3.05) is 20.2 Å². The van der Waals surface area contributed by atoms with E-state index in [4.69, 9.17) is 4.74 Å². The van der Waals surface area contributed by atoms with Gasteiger partial charge in [0.1, 0.15) is 5.75 Å². The number of carbonyl (C=O) groups excluding carboxylic acids is 1. The standard InChI is InChI=1S/C17H22N4O2/c1-12-5-4-10-20(11-12)17(22)16-13(2)21(19-18-16)14-6-8-15(23-3)9-7-14/h6-9,12H,4-5,10-11H2,1-3H3. The van der Waals surface area contributed by atoms with E-state index in [1.165, 1.54) is 6.42 Å². The van der Waals surface area contributed by atoms with Gasteiger partial charge in [-0.1, -0.05) is 12.1 Å². The Kier molecular flexibility index (Phi) is 4.32. The van der Waals surface area contributed by atoms with Crippen molar-refractivity contribution < 1.29 is 9.53 Å². The van der Waals surface area contributed by atoms with E-state index < -0.39 is 0 Å². The van der Waals surface area contributed by atoms with Crippen LogP contribution in [0.4, 0.5) is 0 Å². The third-order valence-corrected chi connectivity index (χ3v) is 4.36. The van der Waals surface area contributed by atoms with E-state index in [9.17, 15) is 4.79 Å². The zero-order valence-corrected chi connectivity index (χ0v) is 13.8. The summed E-state index contributed by atoms with van der Waals surface area (Å²) in [5.74, 6) is 1.31. The summed E-state index contributed by atoms with van der Waals surface area (Å²) in [4.78, 5) is 14.6. The Labute approximate surface area is 136 Å². The lowest BCUT2D eigenvalue weighted by Crippen LogP contribution is -2.39. The Morgan fingerprint density at radius 2 is 2.04 bits per heavy atom. The number of nitrogens with zero attached hydrogens (tertiary/aromatic N) is 4. The number of amides is 1. The fourth-order valence-electron chi connectivity index (χ4n) is 3.02. The molecule has 23 heavy (non-hydrogen) atoms. The largest absolute Gasteiger partial charge is 0.497 e. The van der Waals surface area contributed by atoms with Crippen LogP contribution in [0.1, 0.15) is 35.9 Å². The molecule has 1 aliphatic rings. The average molecular weight is 314 g/mol. The van der Waals surface area contributed by atoms with Crippen molar-refractivity contribution in [2.45, 2.75) is 26.7 Å². The van der Waals surface area contributed by atoms with Gasteiger partial charge < -0.3 is 9.64 Å². The van der Waals surface area contributed by atoms with Crippen molar-refractivity contribution in [1.82, 2.24) is 19.9 Å². The zero-order valence-electron chi connectivity index (χ0n) is 13.8. The number of benzene rings is 1. The second kappa shape index (κ2) is 6.40. The molecule has 0 bridgehead atoms. The van der Waals surface area contributed by atoms with Crippen molar-refractivity contribution in [2.24, 2.45) is 5.92 Å². The molecule has 0 N–H and O–H groups in total. The molecule has 1 aromatic heterocycles. The summed E-state index contributed by atoms with van der Waals surface area (Å²) in [7, 11) is 1.63. The van der Waals surface area contributed by atoms with E-state index in [1.54, 1.807) is 11.8 Å². The fourth-order valence-corrected chi connectivity index (χ4v) is 3.02. The minimum Gasteiger partial charge on any atom is -0.497 e. The molecule has 2 heterocycles. The molecule has 6 heteroatoms. The average Bonchev–Trinajstić information content (AvgIpc) is 2.96. The zero-order chi connectivity index (χ0) is 16.4. The first-order valence-corrected chi connectivity index (χ1v) is 7.96. The first-order chi connectivity index (χ1) is 11.1. The monoisotopic (exact) mass is 314 g/mol. The highest BCUT2D eigenvalue weighted by atomic mass is 16.5. The Bertz CT molecular complexity index is 693. The first-order valence-electron chi connectivity index (χ1n) is 7.96. The topological polar surface area (TPSA) is 60.2 Å². The van der Waals surface area contributed by atoms with E-state index in [0.717, 1.165) is 36.6 Å². The first kappa shape index (κ1) is 15.5. The molecule has 6 nitrogen and oxygen atoms in total. The van der Waals surface area contributed by atoms with Gasteiger partial charge in [0.05, 0.1) is 18.5 Å². The molecule has 0 saturated carbocycles. The predicted octanol–water partition coefficient (Wildman–Crippen LogP) is 2.46. The lowest BCUT2D eigenvalue weighted by molar-refractivity contribution is 0.0676. The minimum atomic E-state index is -0.0196. The van der Waals surface area contributed by atoms with Crippen LogP contribution < -0.4 is 4.74 Å². The van der Waals surface area contributed by atoms with Crippen molar-refractivity contribution >= 4 is 5.91 Å². The molecule has 1 fully saturated rings. The number of ether oxygens (including phenoxy) is 1. The normalized spacial score (nSPS) is 18.0. The second-order valence-electron chi connectivity index (χ2n) is 6.13. The van der Waals surface area contributed by atoms with E-state index in [2.05, 4.69) is 17.2 Å². The van der Waals surface area contributed by atoms with Crippen LogP contribution in [0.15, 0.2) is 24.3 Å². The number of aromatic nitrogens is 3. The number of likely N-dealkylation sites (tertiary alicyclic amines) is 1. The molecular formula is C17H22N4O2. The van der Waals surface area contributed by atoms with Crippen LogP contribution in [0.5, 0.6) is 5.75 Å². The van der Waals surface area contributed by atoms with Crippen LogP contribution in [-0.4, -0.2) is 46.0 Å². The number of rotatable bonds is 3. The quantitative estimate of drug-likeness (QED) is 0.873. The second-order valence-corrected chi connectivity index (χ2v) is 6.13. The number of hydrogen-bond acceptors (Lipinski definition) is 4. The number of hydrogen-bond donors (Lipinski definition) is 0. The third-order valence-electron chi connectivity index (χ3n) is 4.36. The van der Waals surface area contributed by atoms with Crippen LogP contribution in [-0.2, 0) is 0 Å². The van der Waals surface area contributed by atoms with Crippen molar-refractivity contribution in [3.63, 3.8) is 0 Å². The van der Waals surface area contributed by atoms with Gasteiger partial charge in [-0.2, -0.15) is 0 Å². The van der Waals surface area contributed by atoms with Gasteiger partial charge in [0.15, 0.2) is 5.69 Å². The number of methoxy groups -OCH3 is 1. The van der Waals surface area contributed by atoms with Crippen LogP contribution in [0.25, 0.3) is 5.69 Å². The third kappa shape index (κ3) is 3.06. The highest BCUT2D eigenvalue weighted by Crippen LogP contribution is 2.20. The summed E-state index contributed by atoms with van der Waals surface area (Å²) >= 11 is 0. The summed E-state index contributed by atoms with van der Waals surface area (Å²) in [5.41, 5.74) is 2.06. The summed E-state index contributed by atoms with van der Waals surface area (Å²) in [6.45, 7) is 5.66. The van der Waals surface area contributed by atoms with E-state index in [0.29, 0.717) is 11.6 Å². The van der Waals surface area contributed by atoms with Crippen LogP contribution in [0, 0.1) is 12.8 Å². The molecule has 1 amide bonds. The summed E-state index contributed by atoms with van der Waals surface area (Å²) < 4.78 is 6.86. The summed E-state index contributed by atoms with van der Waals surface area (Å²) in [5, 5.41) is 8.28. The molecule has 0 aliphatic carbocycles. The Balaban J connectivity index is 1.84. The van der Waals surface area contributed by atoms with Gasteiger partial charge in [-0.15, -0.1) is 5.10 Å². The van der Waals surface area contributed by atoms with Crippen molar-refractivity contribution in [3.8, 4) is 11.4 Å². The van der Waals surface area contributed by atoms with Gasteiger partial charge in [0.25, 0.3) is 5.91 Å². The molecule has 1 atom stereocenters. The van der Waals surface area contributed by atoms with E-state index in [-0.39, 0.29) is 5.91 Å². The molecule has 1 aliphatic heterocycles. The predicted molar refractivity (Wildman–Crippen MR) is 86.9 cm³/mol. The molecule has 1 unspecified atom stereocenters. The van der Waals surface area contributed by atoms with Gasteiger partial charge in [-0.3, -0.25) is 4.79 Å². The highest BCUT2D eigenvalue weighted by Gasteiger charge is 2.26. The Morgan fingerprint density at radius 3 is 2.70 bits per heavy atom. The lowest BCUT2D eigenvalue weighted by atomic mass is 10.00. The molecule has 122 valence electrons.